The molecule has 0 saturated carbocycles. The Morgan fingerprint density at radius 3 is 2.64 bits per heavy atom. The summed E-state index contributed by atoms with van der Waals surface area (Å²) in [7, 11) is 0. The Balaban J connectivity index is 1.61. The quantitative estimate of drug-likeness (QED) is 0.847. The normalized spacial score (nSPS) is 21.3. The van der Waals surface area contributed by atoms with Crippen LogP contribution in [0.2, 0.25) is 5.02 Å². The van der Waals surface area contributed by atoms with Crippen molar-refractivity contribution in [3.05, 3.63) is 59.1 Å². The number of amides is 1. The fourth-order valence-electron chi connectivity index (χ4n) is 4.38. The summed E-state index contributed by atoms with van der Waals surface area (Å²) in [5.74, 6) is 0.591. The van der Waals surface area contributed by atoms with Crippen molar-refractivity contribution in [2.75, 3.05) is 36.0 Å². The van der Waals surface area contributed by atoms with Crippen LogP contribution >= 0.6 is 11.6 Å². The molecular weight excluding hydrogens is 370 g/mol. The van der Waals surface area contributed by atoms with Crippen LogP contribution in [-0.2, 0) is 11.2 Å². The number of nitrogens with zero attached hydrogens (tertiary/aromatic N) is 2. The summed E-state index contributed by atoms with van der Waals surface area (Å²) in [6, 6.07) is 16.7. The number of benzene rings is 2. The van der Waals surface area contributed by atoms with Gasteiger partial charge in [-0.25, -0.2) is 0 Å². The van der Waals surface area contributed by atoms with E-state index in [1.54, 1.807) is 0 Å². The van der Waals surface area contributed by atoms with Crippen molar-refractivity contribution in [3.63, 3.8) is 0 Å². The number of para-hydroxylation sites is 1. The molecule has 2 heterocycles. The molecule has 0 bridgehead atoms. The van der Waals surface area contributed by atoms with Gasteiger partial charge in [-0.3, -0.25) is 4.79 Å². The van der Waals surface area contributed by atoms with Crippen molar-refractivity contribution in [2.24, 2.45) is 11.8 Å². The molecule has 0 radical (unpaired) electrons. The lowest BCUT2D eigenvalue weighted by atomic mass is 9.83. The van der Waals surface area contributed by atoms with Crippen molar-refractivity contribution < 1.29 is 4.79 Å². The molecule has 0 unspecified atom stereocenters. The molecular formula is C23H28ClN3O. The number of hydrogen-bond donors (Lipinski definition) is 1. The van der Waals surface area contributed by atoms with Crippen LogP contribution in [0.15, 0.2) is 48.5 Å². The van der Waals surface area contributed by atoms with Gasteiger partial charge in [0.1, 0.15) is 0 Å². The first kappa shape index (κ1) is 19.1. The molecule has 2 aliphatic rings. The molecule has 4 nitrogen and oxygen atoms in total. The van der Waals surface area contributed by atoms with Crippen molar-refractivity contribution in [2.45, 2.75) is 26.3 Å². The van der Waals surface area contributed by atoms with Crippen LogP contribution in [0.4, 0.5) is 11.4 Å². The van der Waals surface area contributed by atoms with Crippen LogP contribution in [0.1, 0.15) is 19.4 Å². The van der Waals surface area contributed by atoms with Gasteiger partial charge in [0.25, 0.3) is 0 Å². The standard InChI is InChI=1S/C23H28ClN3O/c1-16(2)14-25-23(28)20-13-17-5-3-4-6-21(17)27-12-11-26(15-22(20)27)19-9-7-18(24)8-10-19/h3-10,16,20,22H,11-15H2,1-2H3,(H,25,28)/t20-,22-/m0/s1. The number of anilines is 2. The van der Waals surface area contributed by atoms with E-state index in [9.17, 15) is 4.79 Å². The van der Waals surface area contributed by atoms with Crippen molar-refractivity contribution in [1.82, 2.24) is 5.32 Å². The van der Waals surface area contributed by atoms with Gasteiger partial charge in [0, 0.05) is 42.6 Å². The average molecular weight is 398 g/mol. The van der Waals surface area contributed by atoms with Gasteiger partial charge in [0.2, 0.25) is 5.91 Å². The zero-order chi connectivity index (χ0) is 19.7. The number of carbonyl (C=O) groups excluding carboxylic acids is 1. The van der Waals surface area contributed by atoms with Crippen LogP contribution in [0.3, 0.4) is 0 Å². The van der Waals surface area contributed by atoms with E-state index >= 15 is 0 Å². The summed E-state index contributed by atoms with van der Waals surface area (Å²) in [6.07, 6.45) is 0.801. The Morgan fingerprint density at radius 2 is 1.89 bits per heavy atom. The highest BCUT2D eigenvalue weighted by molar-refractivity contribution is 6.30. The number of carbonyl (C=O) groups is 1. The molecule has 28 heavy (non-hydrogen) atoms. The molecule has 2 aromatic carbocycles. The predicted molar refractivity (Wildman–Crippen MR) is 116 cm³/mol. The summed E-state index contributed by atoms with van der Waals surface area (Å²) in [4.78, 5) is 17.9. The van der Waals surface area contributed by atoms with Gasteiger partial charge in [0.15, 0.2) is 0 Å². The molecule has 2 aromatic rings. The first-order valence-electron chi connectivity index (χ1n) is 10.2. The van der Waals surface area contributed by atoms with Crippen molar-refractivity contribution in [3.8, 4) is 0 Å². The molecule has 1 saturated heterocycles. The predicted octanol–water partition coefficient (Wildman–Crippen LogP) is 3.98. The molecule has 2 atom stereocenters. The van der Waals surface area contributed by atoms with Crippen LogP contribution < -0.4 is 15.1 Å². The minimum absolute atomic E-state index is 0.0382. The summed E-state index contributed by atoms with van der Waals surface area (Å²) < 4.78 is 0. The second-order valence-corrected chi connectivity index (χ2v) is 8.70. The van der Waals surface area contributed by atoms with Crippen LogP contribution in [0.5, 0.6) is 0 Å². The van der Waals surface area contributed by atoms with Gasteiger partial charge in [0.05, 0.1) is 12.0 Å². The van der Waals surface area contributed by atoms with E-state index in [4.69, 9.17) is 11.6 Å². The number of piperazine rings is 1. The van der Waals surface area contributed by atoms with E-state index in [0.717, 1.165) is 37.6 Å². The maximum atomic E-state index is 13.1. The fraction of sp³-hybridized carbons (Fsp3) is 0.435. The summed E-state index contributed by atoms with van der Waals surface area (Å²) >= 11 is 6.06. The zero-order valence-corrected chi connectivity index (χ0v) is 17.3. The van der Waals surface area contributed by atoms with Crippen LogP contribution in [0, 0.1) is 11.8 Å². The number of halogens is 1. The van der Waals surface area contributed by atoms with E-state index in [-0.39, 0.29) is 17.9 Å². The van der Waals surface area contributed by atoms with E-state index in [2.05, 4.69) is 65.4 Å². The summed E-state index contributed by atoms with van der Waals surface area (Å²) in [6.45, 7) is 7.68. The molecule has 5 heteroatoms. The molecule has 2 aliphatic heterocycles. The second kappa shape index (κ2) is 8.04. The van der Waals surface area contributed by atoms with Gasteiger partial charge in [-0.2, -0.15) is 0 Å². The average Bonchev–Trinajstić information content (AvgIpc) is 2.71. The Hall–Kier alpha value is -2.20. The lowest BCUT2D eigenvalue weighted by Gasteiger charge is -2.49. The van der Waals surface area contributed by atoms with E-state index in [0.29, 0.717) is 5.92 Å². The number of hydrogen-bond acceptors (Lipinski definition) is 3. The van der Waals surface area contributed by atoms with Gasteiger partial charge in [-0.1, -0.05) is 43.6 Å². The second-order valence-electron chi connectivity index (χ2n) is 8.26. The maximum absolute atomic E-state index is 13.1. The topological polar surface area (TPSA) is 35.6 Å². The molecule has 1 amide bonds. The molecule has 0 aromatic heterocycles. The molecule has 0 aliphatic carbocycles. The highest BCUT2D eigenvalue weighted by atomic mass is 35.5. The van der Waals surface area contributed by atoms with Crippen LogP contribution in [0.25, 0.3) is 0 Å². The minimum atomic E-state index is -0.0382. The molecule has 0 spiro atoms. The minimum Gasteiger partial charge on any atom is -0.368 e. The zero-order valence-electron chi connectivity index (χ0n) is 16.6. The maximum Gasteiger partial charge on any atom is 0.225 e. The van der Waals surface area contributed by atoms with Gasteiger partial charge in [-0.15, -0.1) is 0 Å². The Kier molecular flexibility index (Phi) is 5.49. The third-order valence-corrected chi connectivity index (χ3v) is 6.09. The molecule has 1 fully saturated rings. The highest BCUT2D eigenvalue weighted by Gasteiger charge is 2.41. The smallest absolute Gasteiger partial charge is 0.225 e. The molecule has 148 valence electrons. The van der Waals surface area contributed by atoms with Gasteiger partial charge in [-0.05, 0) is 48.2 Å². The third kappa shape index (κ3) is 3.83. The SMILES string of the molecule is CC(C)CNC(=O)[C@H]1Cc2ccccc2N2CCN(c3ccc(Cl)cc3)C[C@@H]12. The van der Waals surface area contributed by atoms with Crippen LogP contribution in [-0.4, -0.2) is 38.1 Å². The largest absolute Gasteiger partial charge is 0.368 e. The Labute approximate surface area is 172 Å². The Morgan fingerprint density at radius 1 is 1.14 bits per heavy atom. The first-order chi connectivity index (χ1) is 13.5. The first-order valence-corrected chi connectivity index (χ1v) is 10.5. The van der Waals surface area contributed by atoms with Gasteiger partial charge < -0.3 is 15.1 Å². The van der Waals surface area contributed by atoms with Crippen molar-refractivity contribution in [1.29, 1.82) is 0 Å². The summed E-state index contributed by atoms with van der Waals surface area (Å²) in [5.41, 5.74) is 3.74. The lowest BCUT2D eigenvalue weighted by Crippen LogP contribution is -2.61. The van der Waals surface area contributed by atoms with E-state index < -0.39 is 0 Å². The van der Waals surface area contributed by atoms with Gasteiger partial charge >= 0.3 is 0 Å². The molecule has 4 rings (SSSR count). The number of nitrogens with one attached hydrogen (secondary N) is 1. The highest BCUT2D eigenvalue weighted by Crippen LogP contribution is 2.37. The summed E-state index contributed by atoms with van der Waals surface area (Å²) in [5, 5.41) is 3.93. The third-order valence-electron chi connectivity index (χ3n) is 5.84. The lowest BCUT2D eigenvalue weighted by molar-refractivity contribution is -0.126. The van der Waals surface area contributed by atoms with Crippen molar-refractivity contribution >= 4 is 28.9 Å². The number of fused-ring (bicyclic) bond motifs is 3. The van der Waals surface area contributed by atoms with E-state index in [1.165, 1.54) is 16.9 Å². The van der Waals surface area contributed by atoms with E-state index in [1.807, 2.05) is 12.1 Å². The number of rotatable bonds is 4. The monoisotopic (exact) mass is 397 g/mol. The fourth-order valence-corrected chi connectivity index (χ4v) is 4.51. The molecule has 1 N–H and O–H groups in total. The Bertz CT molecular complexity index is 836.